The molecule has 1 N–H and O–H groups in total. The zero-order chi connectivity index (χ0) is 18.0. The van der Waals surface area contributed by atoms with Crippen molar-refractivity contribution in [3.05, 3.63) is 11.6 Å². The molecule has 2 fully saturated rings. The van der Waals surface area contributed by atoms with Crippen LogP contribution in [0.15, 0.2) is 11.6 Å². The van der Waals surface area contributed by atoms with Gasteiger partial charge in [-0.2, -0.15) is 0 Å². The normalized spacial score (nSPS) is 42.9. The van der Waals surface area contributed by atoms with E-state index in [-0.39, 0.29) is 46.9 Å². The number of carbonyl (C=O) groups is 2. The molecular weight excluding hydrogens is 304 g/mol. The summed E-state index contributed by atoms with van der Waals surface area (Å²) in [6.07, 6.45) is 1.57. The average molecular weight is 334 g/mol. The number of rotatable bonds is 3. The number of hydrogen-bond acceptors (Lipinski definition) is 4. The summed E-state index contributed by atoms with van der Waals surface area (Å²) < 4.78 is 5.82. The Balaban J connectivity index is 1.94. The average Bonchev–Trinajstić information content (AvgIpc) is 2.50. The van der Waals surface area contributed by atoms with Crippen LogP contribution in [0.3, 0.4) is 0 Å². The Kier molecular flexibility index (Phi) is 3.99. The van der Waals surface area contributed by atoms with Crippen molar-refractivity contribution < 1.29 is 19.4 Å². The van der Waals surface area contributed by atoms with Crippen LogP contribution in [0.5, 0.6) is 0 Å². The Morgan fingerprint density at radius 1 is 1.33 bits per heavy atom. The minimum absolute atomic E-state index is 0.129. The Morgan fingerprint density at radius 3 is 2.50 bits per heavy atom. The molecule has 0 heterocycles. The monoisotopic (exact) mass is 334 g/mol. The van der Waals surface area contributed by atoms with E-state index in [0.717, 1.165) is 5.57 Å². The van der Waals surface area contributed by atoms with Crippen molar-refractivity contribution in [3.63, 3.8) is 0 Å². The summed E-state index contributed by atoms with van der Waals surface area (Å²) in [6.45, 7) is 12.2. The van der Waals surface area contributed by atoms with Crippen molar-refractivity contribution in [1.82, 2.24) is 0 Å². The molecule has 0 amide bonds. The fourth-order valence-electron chi connectivity index (χ4n) is 5.69. The van der Waals surface area contributed by atoms with Gasteiger partial charge in [-0.15, -0.1) is 0 Å². The van der Waals surface area contributed by atoms with Crippen LogP contribution >= 0.6 is 0 Å². The molecule has 4 rings (SSSR count). The Morgan fingerprint density at radius 2 is 1.96 bits per heavy atom. The lowest BCUT2D eigenvalue weighted by atomic mass is 9.37. The van der Waals surface area contributed by atoms with Gasteiger partial charge in [0, 0.05) is 29.6 Å². The molecule has 0 radical (unpaired) electrons. The van der Waals surface area contributed by atoms with Crippen molar-refractivity contribution in [2.75, 3.05) is 0 Å². The molecule has 4 aliphatic rings. The number of hydrogen-bond donors (Lipinski definition) is 1. The summed E-state index contributed by atoms with van der Waals surface area (Å²) in [5.41, 5.74) is 0.317. The lowest BCUT2D eigenvalue weighted by Crippen LogP contribution is -2.67. The van der Waals surface area contributed by atoms with E-state index in [1.54, 1.807) is 6.08 Å². The molecule has 4 unspecified atom stereocenters. The highest BCUT2D eigenvalue weighted by atomic mass is 16.5. The number of ketones is 1. The first-order chi connectivity index (χ1) is 11.0. The summed E-state index contributed by atoms with van der Waals surface area (Å²) >= 11 is 0. The van der Waals surface area contributed by atoms with E-state index in [4.69, 9.17) is 4.74 Å². The van der Waals surface area contributed by atoms with Crippen molar-refractivity contribution in [3.8, 4) is 0 Å². The Hall–Kier alpha value is -1.16. The van der Waals surface area contributed by atoms with Gasteiger partial charge in [-0.05, 0) is 30.8 Å². The molecule has 24 heavy (non-hydrogen) atoms. The lowest BCUT2D eigenvalue weighted by molar-refractivity contribution is -0.193. The summed E-state index contributed by atoms with van der Waals surface area (Å²) in [7, 11) is 0. The SMILES string of the molecule is CC1=CC(=O)C2C3C1C2(C)[C@H](O)C[C@@H](OC(=O)CC(C)C)C3(C)C. The van der Waals surface area contributed by atoms with Gasteiger partial charge in [-0.3, -0.25) is 9.59 Å². The number of esters is 1. The molecule has 4 heteroatoms. The fourth-order valence-corrected chi connectivity index (χ4v) is 5.69. The molecule has 2 saturated carbocycles. The molecule has 4 bridgehead atoms. The minimum atomic E-state index is -0.630. The van der Waals surface area contributed by atoms with Gasteiger partial charge in [0.25, 0.3) is 0 Å². The predicted molar refractivity (Wildman–Crippen MR) is 91.1 cm³/mol. The molecule has 4 aliphatic carbocycles. The minimum Gasteiger partial charge on any atom is -0.462 e. The van der Waals surface area contributed by atoms with E-state index < -0.39 is 11.5 Å². The van der Waals surface area contributed by atoms with Crippen molar-refractivity contribution in [1.29, 1.82) is 0 Å². The van der Waals surface area contributed by atoms with Crippen LogP contribution in [0.1, 0.15) is 54.4 Å². The van der Waals surface area contributed by atoms with Crippen molar-refractivity contribution in [2.45, 2.75) is 66.6 Å². The third kappa shape index (κ3) is 2.22. The third-order valence-corrected chi connectivity index (χ3v) is 6.92. The number of ether oxygens (including phenoxy) is 1. The van der Waals surface area contributed by atoms with Crippen LogP contribution in [0.25, 0.3) is 0 Å². The first kappa shape index (κ1) is 17.7. The maximum atomic E-state index is 12.6. The zero-order valence-electron chi connectivity index (χ0n) is 15.6. The highest BCUT2D eigenvalue weighted by molar-refractivity contribution is 5.96. The molecule has 4 nitrogen and oxygen atoms in total. The molecule has 0 aromatic carbocycles. The molecule has 0 spiro atoms. The highest BCUT2D eigenvalue weighted by Gasteiger charge is 2.73. The van der Waals surface area contributed by atoms with Crippen LogP contribution in [0.2, 0.25) is 0 Å². The van der Waals surface area contributed by atoms with Gasteiger partial charge in [-0.1, -0.05) is 40.2 Å². The van der Waals surface area contributed by atoms with Crippen molar-refractivity contribution >= 4 is 11.8 Å². The second-order valence-electron chi connectivity index (χ2n) is 9.29. The number of aliphatic hydroxyl groups excluding tert-OH is 1. The summed E-state index contributed by atoms with van der Waals surface area (Å²) in [5, 5.41) is 10.9. The lowest BCUT2D eigenvalue weighted by Gasteiger charge is -2.65. The standard InChI is InChI=1S/C20H30O4/c1-10(2)7-15(23)24-14-9-13(22)20(6)16-11(3)8-12(21)17(20)18(16)19(14,4)5/h8,10,13-14,16-18,22H,7,9H2,1-6H3/t13-,14-,16?,17?,18?,20?/m1/s1. The number of carbonyl (C=O) groups excluding carboxylic acids is 2. The highest BCUT2D eigenvalue weighted by Crippen LogP contribution is 2.71. The quantitative estimate of drug-likeness (QED) is 0.806. The van der Waals surface area contributed by atoms with Crippen LogP contribution in [-0.4, -0.2) is 29.1 Å². The molecule has 0 saturated heterocycles. The van der Waals surface area contributed by atoms with E-state index >= 15 is 0 Å². The van der Waals surface area contributed by atoms with Gasteiger partial charge in [0.15, 0.2) is 5.78 Å². The topological polar surface area (TPSA) is 63.6 Å². The van der Waals surface area contributed by atoms with Crippen LogP contribution in [0.4, 0.5) is 0 Å². The fraction of sp³-hybridized carbons (Fsp3) is 0.800. The Bertz CT molecular complexity index is 603. The van der Waals surface area contributed by atoms with Crippen molar-refractivity contribution in [2.24, 2.45) is 34.5 Å². The molecule has 0 aromatic rings. The summed E-state index contributed by atoms with van der Waals surface area (Å²) in [6, 6.07) is 0. The smallest absolute Gasteiger partial charge is 0.306 e. The molecule has 0 aromatic heterocycles. The van der Waals surface area contributed by atoms with Gasteiger partial charge >= 0.3 is 5.97 Å². The first-order valence-corrected chi connectivity index (χ1v) is 9.10. The summed E-state index contributed by atoms with van der Waals surface area (Å²) in [4.78, 5) is 24.8. The van der Waals surface area contributed by atoms with Gasteiger partial charge in [-0.25, -0.2) is 0 Å². The van der Waals surface area contributed by atoms with Crippen LogP contribution < -0.4 is 0 Å². The van der Waals surface area contributed by atoms with Crippen LogP contribution in [0, 0.1) is 34.5 Å². The van der Waals surface area contributed by atoms with E-state index in [2.05, 4.69) is 13.8 Å². The molecule has 134 valence electrons. The van der Waals surface area contributed by atoms with E-state index in [9.17, 15) is 14.7 Å². The van der Waals surface area contributed by atoms with E-state index in [0.29, 0.717) is 12.8 Å². The second kappa shape index (κ2) is 5.42. The molecular formula is C20H30O4. The van der Waals surface area contributed by atoms with E-state index in [1.165, 1.54) is 0 Å². The maximum Gasteiger partial charge on any atom is 0.306 e. The maximum absolute atomic E-state index is 12.6. The second-order valence-corrected chi connectivity index (χ2v) is 9.29. The zero-order valence-corrected chi connectivity index (χ0v) is 15.6. The summed E-state index contributed by atoms with van der Waals surface area (Å²) in [5.74, 6) is 0.332. The van der Waals surface area contributed by atoms with Crippen LogP contribution in [-0.2, 0) is 14.3 Å². The Labute approximate surface area is 144 Å². The number of allylic oxidation sites excluding steroid dienone is 2. The van der Waals surface area contributed by atoms with Gasteiger partial charge in [0.1, 0.15) is 6.10 Å². The largest absolute Gasteiger partial charge is 0.462 e. The number of aliphatic hydroxyl groups is 1. The third-order valence-electron chi connectivity index (χ3n) is 6.92. The number of fused-ring (bicyclic) bond motifs is 1. The molecule has 6 atom stereocenters. The van der Waals surface area contributed by atoms with Gasteiger partial charge in [0.2, 0.25) is 0 Å². The molecule has 0 aliphatic heterocycles. The predicted octanol–water partition coefficient (Wildman–Crippen LogP) is 3.13. The van der Waals surface area contributed by atoms with E-state index in [1.807, 2.05) is 27.7 Å². The van der Waals surface area contributed by atoms with Gasteiger partial charge < -0.3 is 9.84 Å². The van der Waals surface area contributed by atoms with Gasteiger partial charge in [0.05, 0.1) is 6.10 Å². The first-order valence-electron chi connectivity index (χ1n) is 9.10.